The Morgan fingerprint density at radius 2 is 2.00 bits per heavy atom. The zero-order chi connectivity index (χ0) is 12.0. The van der Waals surface area contributed by atoms with E-state index in [-0.39, 0.29) is 0 Å². The van der Waals surface area contributed by atoms with Crippen molar-refractivity contribution in [2.24, 2.45) is 17.8 Å². The molecule has 0 saturated heterocycles. The predicted molar refractivity (Wildman–Crippen MR) is 73.5 cm³/mol. The quantitative estimate of drug-likeness (QED) is 0.528. The van der Waals surface area contributed by atoms with Crippen molar-refractivity contribution in [2.75, 3.05) is 0 Å². The summed E-state index contributed by atoms with van der Waals surface area (Å²) in [6.07, 6.45) is 12.8. The Kier molecular flexibility index (Phi) is 5.87. The van der Waals surface area contributed by atoms with E-state index in [1.54, 1.807) is 0 Å². The van der Waals surface area contributed by atoms with Gasteiger partial charge >= 0.3 is 0 Å². The molecule has 0 bridgehead atoms. The molecular weight excluding hydrogens is 192 g/mol. The first-order valence-corrected chi connectivity index (χ1v) is 6.96. The van der Waals surface area contributed by atoms with Crippen LogP contribution in [0.4, 0.5) is 0 Å². The van der Waals surface area contributed by atoms with Gasteiger partial charge in [0.25, 0.3) is 0 Å². The van der Waals surface area contributed by atoms with Crippen molar-refractivity contribution < 1.29 is 0 Å². The molecule has 3 unspecified atom stereocenters. The fourth-order valence-corrected chi connectivity index (χ4v) is 2.38. The molecule has 0 aromatic heterocycles. The van der Waals surface area contributed by atoms with Crippen LogP contribution in [0.1, 0.15) is 59.3 Å². The van der Waals surface area contributed by atoms with Gasteiger partial charge in [0.05, 0.1) is 0 Å². The van der Waals surface area contributed by atoms with Crippen LogP contribution in [-0.2, 0) is 0 Å². The minimum absolute atomic E-state index is 0.744. The topological polar surface area (TPSA) is 0 Å². The Morgan fingerprint density at radius 1 is 1.31 bits per heavy atom. The van der Waals surface area contributed by atoms with Crippen molar-refractivity contribution in [3.63, 3.8) is 0 Å². The molecule has 3 atom stereocenters. The van der Waals surface area contributed by atoms with E-state index in [0.29, 0.717) is 0 Å². The maximum Gasteiger partial charge on any atom is -0.0262 e. The second-order valence-electron chi connectivity index (χ2n) is 5.68. The molecule has 0 nitrogen and oxygen atoms in total. The first-order valence-electron chi connectivity index (χ1n) is 6.96. The lowest BCUT2D eigenvalue weighted by Crippen LogP contribution is -1.98. The van der Waals surface area contributed by atoms with Crippen LogP contribution in [0.15, 0.2) is 24.3 Å². The van der Waals surface area contributed by atoms with Gasteiger partial charge in [-0.3, -0.25) is 0 Å². The molecule has 0 heterocycles. The highest BCUT2D eigenvalue weighted by molar-refractivity contribution is 5.02. The van der Waals surface area contributed by atoms with Crippen molar-refractivity contribution in [1.82, 2.24) is 0 Å². The summed E-state index contributed by atoms with van der Waals surface area (Å²) in [6, 6.07) is 0. The van der Waals surface area contributed by atoms with Gasteiger partial charge in [0.15, 0.2) is 0 Å². The molecule has 0 aliphatic heterocycles. The van der Waals surface area contributed by atoms with Crippen LogP contribution in [0.5, 0.6) is 0 Å². The summed E-state index contributed by atoms with van der Waals surface area (Å²) in [4.78, 5) is 0. The first kappa shape index (κ1) is 13.5. The number of rotatable bonds is 6. The lowest BCUT2D eigenvalue weighted by molar-refractivity contribution is 0.453. The zero-order valence-electron chi connectivity index (χ0n) is 11.3. The van der Waals surface area contributed by atoms with Gasteiger partial charge in [-0.05, 0) is 49.9 Å². The van der Waals surface area contributed by atoms with Gasteiger partial charge in [0, 0.05) is 0 Å². The summed E-state index contributed by atoms with van der Waals surface area (Å²) in [6.45, 7) is 11.0. The van der Waals surface area contributed by atoms with E-state index < -0.39 is 0 Å². The summed E-state index contributed by atoms with van der Waals surface area (Å²) in [7, 11) is 0. The van der Waals surface area contributed by atoms with E-state index in [0.717, 1.165) is 17.8 Å². The summed E-state index contributed by atoms with van der Waals surface area (Å²) in [5.41, 5.74) is 1.48. The van der Waals surface area contributed by atoms with Gasteiger partial charge in [0.1, 0.15) is 0 Å². The molecule has 92 valence electrons. The van der Waals surface area contributed by atoms with Gasteiger partial charge in [-0.15, -0.1) is 0 Å². The van der Waals surface area contributed by atoms with E-state index in [2.05, 4.69) is 39.5 Å². The predicted octanol–water partition coefficient (Wildman–Crippen LogP) is 5.36. The molecule has 0 radical (unpaired) electrons. The lowest BCUT2D eigenvalue weighted by atomic mass is 9.94. The monoisotopic (exact) mass is 220 g/mol. The lowest BCUT2D eigenvalue weighted by Gasteiger charge is -2.11. The second kappa shape index (κ2) is 6.93. The smallest absolute Gasteiger partial charge is 0.0262 e. The van der Waals surface area contributed by atoms with Gasteiger partial charge in [0.2, 0.25) is 0 Å². The fraction of sp³-hybridized carbons (Fsp3) is 0.750. The van der Waals surface area contributed by atoms with Crippen LogP contribution < -0.4 is 0 Å². The van der Waals surface area contributed by atoms with Crippen LogP contribution in [0.25, 0.3) is 0 Å². The van der Waals surface area contributed by atoms with E-state index in [1.165, 1.54) is 44.1 Å². The number of hydrogen-bond donors (Lipinski definition) is 0. The van der Waals surface area contributed by atoms with Crippen LogP contribution in [0.3, 0.4) is 0 Å². The molecule has 16 heavy (non-hydrogen) atoms. The minimum Gasteiger partial charge on any atom is -0.0999 e. The molecular formula is C16H28. The molecule has 0 spiro atoms. The maximum absolute atomic E-state index is 4.09. The van der Waals surface area contributed by atoms with E-state index in [9.17, 15) is 0 Å². The number of hydrogen-bond acceptors (Lipinski definition) is 0. The molecule has 0 heteroatoms. The van der Waals surface area contributed by atoms with Crippen LogP contribution >= 0.6 is 0 Å². The molecule has 1 rings (SSSR count). The van der Waals surface area contributed by atoms with E-state index in [4.69, 9.17) is 0 Å². The Morgan fingerprint density at radius 3 is 2.56 bits per heavy atom. The zero-order valence-corrected chi connectivity index (χ0v) is 11.3. The van der Waals surface area contributed by atoms with Crippen LogP contribution in [-0.4, -0.2) is 0 Å². The summed E-state index contributed by atoms with van der Waals surface area (Å²) >= 11 is 0. The Bertz CT molecular complexity index is 236. The van der Waals surface area contributed by atoms with Crippen molar-refractivity contribution >= 4 is 0 Å². The standard InChI is InChI=1S/C16H28/c1-5-13(2)6-7-14(3)8-10-16-11-9-15(4)12-16/h6-7,13-14,16H,4-5,8-12H2,1-3H3/b7-6-. The average Bonchev–Trinajstić information content (AvgIpc) is 2.69. The minimum atomic E-state index is 0.744. The van der Waals surface area contributed by atoms with Crippen molar-refractivity contribution in [3.8, 4) is 0 Å². The molecule has 1 fully saturated rings. The number of allylic oxidation sites excluding steroid dienone is 3. The van der Waals surface area contributed by atoms with Crippen LogP contribution in [0.2, 0.25) is 0 Å². The third-order valence-corrected chi connectivity index (χ3v) is 3.93. The van der Waals surface area contributed by atoms with Gasteiger partial charge in [-0.2, -0.15) is 0 Å². The SMILES string of the molecule is C=C1CCC(CCC(C)/C=C\C(C)CC)C1. The summed E-state index contributed by atoms with van der Waals surface area (Å²) in [5, 5.41) is 0. The maximum atomic E-state index is 4.09. The van der Waals surface area contributed by atoms with Gasteiger partial charge in [-0.1, -0.05) is 51.5 Å². The van der Waals surface area contributed by atoms with E-state index in [1.807, 2.05) is 0 Å². The third kappa shape index (κ3) is 5.01. The van der Waals surface area contributed by atoms with Crippen molar-refractivity contribution in [2.45, 2.75) is 59.3 Å². The molecule has 0 N–H and O–H groups in total. The highest BCUT2D eigenvalue weighted by Gasteiger charge is 2.17. The van der Waals surface area contributed by atoms with Crippen molar-refractivity contribution in [1.29, 1.82) is 0 Å². The van der Waals surface area contributed by atoms with Gasteiger partial charge in [-0.25, -0.2) is 0 Å². The molecule has 1 saturated carbocycles. The van der Waals surface area contributed by atoms with Crippen LogP contribution in [0, 0.1) is 17.8 Å². The fourth-order valence-electron chi connectivity index (χ4n) is 2.38. The Balaban J connectivity index is 2.17. The molecule has 0 aromatic carbocycles. The molecule has 0 aromatic rings. The first-order chi connectivity index (χ1) is 7.61. The van der Waals surface area contributed by atoms with E-state index >= 15 is 0 Å². The van der Waals surface area contributed by atoms with Gasteiger partial charge < -0.3 is 0 Å². The average molecular weight is 220 g/mol. The molecule has 1 aliphatic carbocycles. The summed E-state index contributed by atoms with van der Waals surface area (Å²) in [5.74, 6) is 2.43. The third-order valence-electron chi connectivity index (χ3n) is 3.93. The molecule has 1 aliphatic rings. The largest absolute Gasteiger partial charge is 0.0999 e. The highest BCUT2D eigenvalue weighted by Crippen LogP contribution is 2.33. The Hall–Kier alpha value is -0.520. The van der Waals surface area contributed by atoms with Crippen molar-refractivity contribution in [3.05, 3.63) is 24.3 Å². The normalized spacial score (nSPS) is 25.2. The Labute approximate surface area is 102 Å². The molecule has 0 amide bonds. The second-order valence-corrected chi connectivity index (χ2v) is 5.68. The summed E-state index contributed by atoms with van der Waals surface area (Å²) < 4.78 is 0. The highest BCUT2D eigenvalue weighted by atomic mass is 14.2.